The first-order valence-corrected chi connectivity index (χ1v) is 7.37. The van der Waals surface area contributed by atoms with Crippen molar-refractivity contribution in [1.82, 2.24) is 9.78 Å². The quantitative estimate of drug-likeness (QED) is 0.863. The van der Waals surface area contributed by atoms with Gasteiger partial charge >= 0.3 is 0 Å². The highest BCUT2D eigenvalue weighted by atomic mass is 16.1. The van der Waals surface area contributed by atoms with Crippen LogP contribution in [0.25, 0.3) is 0 Å². The van der Waals surface area contributed by atoms with Crippen LogP contribution in [0.1, 0.15) is 39.2 Å². The van der Waals surface area contributed by atoms with Crippen molar-refractivity contribution in [2.24, 2.45) is 7.05 Å². The van der Waals surface area contributed by atoms with Gasteiger partial charge in [0.05, 0.1) is 5.69 Å². The number of aryl methyl sites for hydroxylation is 5. The third-order valence-corrected chi connectivity index (χ3v) is 4.25. The highest BCUT2D eigenvalue weighted by molar-refractivity contribution is 5.84. The lowest BCUT2D eigenvalue weighted by molar-refractivity contribution is -0.117. The number of rotatable bonds is 4. The molecule has 0 saturated carbocycles. The Kier molecular flexibility index (Phi) is 4.31. The monoisotopic (exact) mass is 284 g/mol. The summed E-state index contributed by atoms with van der Waals surface area (Å²) >= 11 is 0. The number of carbonyl (C=O) groups excluding carboxylic acids is 1. The first-order chi connectivity index (χ1) is 9.79. The van der Waals surface area contributed by atoms with Crippen molar-refractivity contribution in [1.29, 1.82) is 0 Å². The predicted octanol–water partition coefficient (Wildman–Crippen LogP) is 3.32. The van der Waals surface area contributed by atoms with E-state index >= 15 is 0 Å². The lowest BCUT2D eigenvalue weighted by Gasteiger charge is -2.11. The molecule has 1 aromatic carbocycles. The number of hydrogen-bond acceptors (Lipinski definition) is 2. The van der Waals surface area contributed by atoms with Gasteiger partial charge in [-0.3, -0.25) is 9.48 Å². The summed E-state index contributed by atoms with van der Waals surface area (Å²) in [5.74, 6) is 0.254. The molecular weight excluding hydrogens is 260 g/mol. The predicted molar refractivity (Wildman–Crippen MR) is 85.8 cm³/mol. The van der Waals surface area contributed by atoms with Crippen LogP contribution in [0.2, 0.25) is 0 Å². The molecule has 0 atom stereocenters. The van der Waals surface area contributed by atoms with Gasteiger partial charge in [0.1, 0.15) is 5.78 Å². The highest BCUT2D eigenvalue weighted by Gasteiger charge is 2.15. The maximum atomic E-state index is 12.4. The van der Waals surface area contributed by atoms with Crippen LogP contribution in [0.15, 0.2) is 12.1 Å². The average Bonchev–Trinajstić information content (AvgIpc) is 2.60. The number of benzene rings is 1. The largest absolute Gasteiger partial charge is 0.299 e. The summed E-state index contributed by atoms with van der Waals surface area (Å²) in [7, 11) is 1.92. The van der Waals surface area contributed by atoms with Crippen molar-refractivity contribution in [3.05, 3.63) is 51.3 Å². The van der Waals surface area contributed by atoms with Crippen LogP contribution in [-0.4, -0.2) is 15.6 Å². The molecule has 21 heavy (non-hydrogen) atoms. The van der Waals surface area contributed by atoms with Gasteiger partial charge in [-0.1, -0.05) is 17.7 Å². The highest BCUT2D eigenvalue weighted by Crippen LogP contribution is 2.19. The van der Waals surface area contributed by atoms with Crippen molar-refractivity contribution in [2.45, 2.75) is 47.5 Å². The SMILES string of the molecule is Cc1cc(C)c(CC(=O)Cc2c(C)nn(C)c2C)c(C)c1. The van der Waals surface area contributed by atoms with Gasteiger partial charge in [-0.2, -0.15) is 5.10 Å². The van der Waals surface area contributed by atoms with E-state index in [1.165, 1.54) is 22.3 Å². The van der Waals surface area contributed by atoms with E-state index in [0.717, 1.165) is 17.0 Å². The van der Waals surface area contributed by atoms with Crippen LogP contribution in [0.3, 0.4) is 0 Å². The van der Waals surface area contributed by atoms with Gasteiger partial charge in [-0.05, 0) is 51.3 Å². The summed E-state index contributed by atoms with van der Waals surface area (Å²) in [5, 5.41) is 4.38. The molecule has 0 aliphatic carbocycles. The standard InChI is InChI=1S/C18H24N2O/c1-11-7-12(2)17(13(3)8-11)9-16(21)10-18-14(4)19-20(6)15(18)5/h7-8H,9-10H2,1-6H3. The molecule has 2 rings (SSSR count). The first-order valence-electron chi connectivity index (χ1n) is 7.37. The Morgan fingerprint density at radius 3 is 2.00 bits per heavy atom. The van der Waals surface area contributed by atoms with Crippen LogP contribution in [0, 0.1) is 34.6 Å². The second kappa shape index (κ2) is 5.84. The molecule has 0 amide bonds. The van der Waals surface area contributed by atoms with Crippen molar-refractivity contribution < 1.29 is 4.79 Å². The zero-order valence-corrected chi connectivity index (χ0v) is 13.9. The second-order valence-electron chi connectivity index (χ2n) is 6.04. The van der Waals surface area contributed by atoms with Gasteiger partial charge < -0.3 is 0 Å². The maximum absolute atomic E-state index is 12.4. The van der Waals surface area contributed by atoms with Gasteiger partial charge in [0.15, 0.2) is 0 Å². The van der Waals surface area contributed by atoms with Gasteiger partial charge in [0, 0.05) is 31.1 Å². The summed E-state index contributed by atoms with van der Waals surface area (Å²) < 4.78 is 1.85. The van der Waals surface area contributed by atoms with Gasteiger partial charge in [-0.15, -0.1) is 0 Å². The van der Waals surface area contributed by atoms with E-state index in [0.29, 0.717) is 12.8 Å². The summed E-state index contributed by atoms with van der Waals surface area (Å²) in [5.41, 5.74) is 7.95. The van der Waals surface area contributed by atoms with Gasteiger partial charge in [-0.25, -0.2) is 0 Å². The fraction of sp³-hybridized carbons (Fsp3) is 0.444. The zero-order valence-electron chi connectivity index (χ0n) is 13.9. The molecule has 0 radical (unpaired) electrons. The Morgan fingerprint density at radius 2 is 1.52 bits per heavy atom. The molecule has 0 aliphatic rings. The number of nitrogens with zero attached hydrogens (tertiary/aromatic N) is 2. The molecule has 0 bridgehead atoms. The minimum absolute atomic E-state index is 0.254. The van der Waals surface area contributed by atoms with Crippen LogP contribution < -0.4 is 0 Å². The molecule has 1 aromatic heterocycles. The summed E-state index contributed by atoms with van der Waals surface area (Å²) in [4.78, 5) is 12.4. The molecule has 2 aromatic rings. The average molecular weight is 284 g/mol. The maximum Gasteiger partial charge on any atom is 0.141 e. The minimum atomic E-state index is 0.254. The lowest BCUT2D eigenvalue weighted by Crippen LogP contribution is -2.10. The molecule has 0 fully saturated rings. The van der Waals surface area contributed by atoms with Gasteiger partial charge in [0.2, 0.25) is 0 Å². The Balaban J connectivity index is 2.20. The Morgan fingerprint density at radius 1 is 1.00 bits per heavy atom. The molecule has 0 N–H and O–H groups in total. The molecule has 3 nitrogen and oxygen atoms in total. The second-order valence-corrected chi connectivity index (χ2v) is 6.04. The third kappa shape index (κ3) is 3.23. The lowest BCUT2D eigenvalue weighted by atomic mass is 9.94. The van der Waals surface area contributed by atoms with E-state index in [1.54, 1.807) is 0 Å². The Bertz CT molecular complexity index is 672. The first kappa shape index (κ1) is 15.5. The number of carbonyl (C=O) groups is 1. The molecule has 0 saturated heterocycles. The number of ketones is 1. The van der Waals surface area contributed by atoms with Gasteiger partial charge in [0.25, 0.3) is 0 Å². The molecule has 0 aliphatic heterocycles. The Labute approximate surface area is 127 Å². The fourth-order valence-electron chi connectivity index (χ4n) is 3.02. The van der Waals surface area contributed by atoms with E-state index in [9.17, 15) is 4.79 Å². The van der Waals surface area contributed by atoms with Crippen LogP contribution in [0.4, 0.5) is 0 Å². The van der Waals surface area contributed by atoms with Crippen molar-refractivity contribution >= 4 is 5.78 Å². The normalized spacial score (nSPS) is 11.0. The molecule has 0 unspecified atom stereocenters. The topological polar surface area (TPSA) is 34.9 Å². The molecule has 3 heteroatoms. The minimum Gasteiger partial charge on any atom is -0.299 e. The van der Waals surface area contributed by atoms with E-state index < -0.39 is 0 Å². The molecule has 1 heterocycles. The van der Waals surface area contributed by atoms with Crippen LogP contribution >= 0.6 is 0 Å². The smallest absolute Gasteiger partial charge is 0.141 e. The van der Waals surface area contributed by atoms with Crippen molar-refractivity contribution in [3.8, 4) is 0 Å². The number of hydrogen-bond donors (Lipinski definition) is 0. The number of aromatic nitrogens is 2. The summed E-state index contributed by atoms with van der Waals surface area (Å²) in [6.45, 7) is 10.3. The molecule has 112 valence electrons. The third-order valence-electron chi connectivity index (χ3n) is 4.25. The number of Topliss-reactive ketones (excluding diaryl/α,β-unsaturated/α-hetero) is 1. The van der Waals surface area contributed by atoms with E-state index in [1.807, 2.05) is 25.6 Å². The van der Waals surface area contributed by atoms with E-state index in [2.05, 4.69) is 38.0 Å². The summed E-state index contributed by atoms with van der Waals surface area (Å²) in [6.07, 6.45) is 0.976. The van der Waals surface area contributed by atoms with Crippen LogP contribution in [-0.2, 0) is 24.7 Å². The van der Waals surface area contributed by atoms with Crippen molar-refractivity contribution in [3.63, 3.8) is 0 Å². The zero-order chi connectivity index (χ0) is 15.7. The van der Waals surface area contributed by atoms with Crippen LogP contribution in [0.5, 0.6) is 0 Å². The van der Waals surface area contributed by atoms with E-state index in [-0.39, 0.29) is 5.78 Å². The molecular formula is C18H24N2O. The summed E-state index contributed by atoms with van der Waals surface area (Å²) in [6, 6.07) is 4.30. The van der Waals surface area contributed by atoms with E-state index in [4.69, 9.17) is 0 Å². The fourth-order valence-corrected chi connectivity index (χ4v) is 3.02. The van der Waals surface area contributed by atoms with Crippen molar-refractivity contribution in [2.75, 3.05) is 0 Å². The Hall–Kier alpha value is -1.90. The molecule has 0 spiro atoms.